The average Bonchev–Trinajstić information content (AvgIpc) is 3.11. The maximum absolute atomic E-state index is 12.2. The third-order valence-electron chi connectivity index (χ3n) is 4.96. The van der Waals surface area contributed by atoms with Gasteiger partial charge in [-0.3, -0.25) is 10.1 Å². The van der Waals surface area contributed by atoms with E-state index in [0.29, 0.717) is 11.7 Å². The molecule has 0 aliphatic heterocycles. The molecular weight excluding hydrogens is 332 g/mol. The number of hydrogen-bond donors (Lipinski definition) is 2. The van der Waals surface area contributed by atoms with E-state index in [9.17, 15) is 4.79 Å². The molecule has 0 radical (unpaired) electrons. The first-order valence-electron chi connectivity index (χ1n) is 9.10. The number of benzene rings is 1. The molecule has 134 valence electrons. The summed E-state index contributed by atoms with van der Waals surface area (Å²) in [6, 6.07) is 10.7. The standard InChI is InChI=1S/C19H26N4OS/c1-2-17-22-23-18(25-17)21-16(24)13-20-14-19(11-7-4-8-12-19)15-9-5-3-6-10-15/h3,5-6,9-10,20H,2,4,7-8,11-14H2,1H3,(H,21,23,24). The molecule has 1 aromatic carbocycles. The lowest BCUT2D eigenvalue weighted by Gasteiger charge is -2.38. The second-order valence-electron chi connectivity index (χ2n) is 6.71. The highest BCUT2D eigenvalue weighted by Gasteiger charge is 2.33. The number of aromatic nitrogens is 2. The number of nitrogens with zero attached hydrogens (tertiary/aromatic N) is 2. The van der Waals surface area contributed by atoms with Crippen LogP contribution in [0.5, 0.6) is 0 Å². The van der Waals surface area contributed by atoms with Crippen LogP contribution in [0.25, 0.3) is 0 Å². The van der Waals surface area contributed by atoms with Gasteiger partial charge in [0.05, 0.1) is 6.54 Å². The summed E-state index contributed by atoms with van der Waals surface area (Å²) in [5, 5.41) is 15.8. The molecule has 2 N–H and O–H groups in total. The van der Waals surface area contributed by atoms with Gasteiger partial charge < -0.3 is 5.32 Å². The lowest BCUT2D eigenvalue weighted by molar-refractivity contribution is -0.115. The van der Waals surface area contributed by atoms with Gasteiger partial charge in [-0.25, -0.2) is 0 Å². The largest absolute Gasteiger partial charge is 0.308 e. The molecule has 1 aliphatic rings. The first-order valence-corrected chi connectivity index (χ1v) is 9.92. The van der Waals surface area contributed by atoms with Crippen molar-refractivity contribution in [1.29, 1.82) is 0 Å². The average molecular weight is 359 g/mol. The van der Waals surface area contributed by atoms with Gasteiger partial charge in [-0.05, 0) is 24.8 Å². The Labute approximate surface area is 153 Å². The maximum Gasteiger partial charge on any atom is 0.240 e. The van der Waals surface area contributed by atoms with Gasteiger partial charge in [-0.2, -0.15) is 0 Å². The first kappa shape index (κ1) is 18.0. The SMILES string of the molecule is CCc1nnc(NC(=O)CNCC2(c3ccccc3)CCCCC2)s1. The monoisotopic (exact) mass is 358 g/mol. The van der Waals surface area contributed by atoms with E-state index in [-0.39, 0.29) is 11.3 Å². The summed E-state index contributed by atoms with van der Waals surface area (Å²) in [5.74, 6) is -0.0576. The molecule has 6 heteroatoms. The third kappa shape index (κ3) is 4.64. The van der Waals surface area contributed by atoms with E-state index in [4.69, 9.17) is 0 Å². The van der Waals surface area contributed by atoms with Crippen LogP contribution in [0.1, 0.15) is 49.6 Å². The van der Waals surface area contributed by atoms with Crippen LogP contribution in [0.15, 0.2) is 30.3 Å². The van der Waals surface area contributed by atoms with Crippen molar-refractivity contribution >= 4 is 22.4 Å². The van der Waals surface area contributed by atoms with Crippen molar-refractivity contribution in [3.8, 4) is 0 Å². The predicted molar refractivity (Wildman–Crippen MR) is 102 cm³/mol. The van der Waals surface area contributed by atoms with E-state index >= 15 is 0 Å². The lowest BCUT2D eigenvalue weighted by atomic mass is 9.69. The minimum atomic E-state index is -0.0576. The van der Waals surface area contributed by atoms with Crippen molar-refractivity contribution in [3.63, 3.8) is 0 Å². The molecule has 1 fully saturated rings. The summed E-state index contributed by atoms with van der Waals surface area (Å²) in [7, 11) is 0. The second-order valence-corrected chi connectivity index (χ2v) is 7.78. The number of carbonyl (C=O) groups excluding carboxylic acids is 1. The van der Waals surface area contributed by atoms with Crippen molar-refractivity contribution in [2.24, 2.45) is 0 Å². The molecule has 0 atom stereocenters. The summed E-state index contributed by atoms with van der Waals surface area (Å²) in [5.41, 5.74) is 1.54. The summed E-state index contributed by atoms with van der Waals surface area (Å²) in [4.78, 5) is 12.2. The summed E-state index contributed by atoms with van der Waals surface area (Å²) < 4.78 is 0. The van der Waals surface area contributed by atoms with E-state index in [1.54, 1.807) is 0 Å². The molecule has 25 heavy (non-hydrogen) atoms. The number of amides is 1. The lowest BCUT2D eigenvalue weighted by Crippen LogP contribution is -2.42. The molecule has 5 nitrogen and oxygen atoms in total. The molecule has 0 saturated heterocycles. The van der Waals surface area contributed by atoms with Gasteiger partial charge in [-0.15, -0.1) is 10.2 Å². The van der Waals surface area contributed by atoms with Crippen molar-refractivity contribution in [2.75, 3.05) is 18.4 Å². The first-order chi connectivity index (χ1) is 12.2. The molecule has 1 heterocycles. The van der Waals surface area contributed by atoms with Gasteiger partial charge in [0.2, 0.25) is 11.0 Å². The number of anilines is 1. The van der Waals surface area contributed by atoms with E-state index in [2.05, 4.69) is 51.2 Å². The Morgan fingerprint density at radius 3 is 2.60 bits per heavy atom. The minimum absolute atomic E-state index is 0.0576. The molecule has 1 aliphatic carbocycles. The highest BCUT2D eigenvalue weighted by atomic mass is 32.1. The van der Waals surface area contributed by atoms with E-state index < -0.39 is 0 Å². The number of carbonyl (C=O) groups is 1. The second kappa shape index (κ2) is 8.54. The number of hydrogen-bond acceptors (Lipinski definition) is 5. The van der Waals surface area contributed by atoms with Gasteiger partial charge in [0, 0.05) is 12.0 Å². The number of nitrogens with one attached hydrogen (secondary N) is 2. The van der Waals surface area contributed by atoms with Gasteiger partial charge in [0.15, 0.2) is 0 Å². The maximum atomic E-state index is 12.2. The van der Waals surface area contributed by atoms with Crippen LogP contribution < -0.4 is 10.6 Å². The fourth-order valence-corrected chi connectivity index (χ4v) is 4.31. The highest BCUT2D eigenvalue weighted by Crippen LogP contribution is 2.38. The normalized spacial score (nSPS) is 16.5. The van der Waals surface area contributed by atoms with Gasteiger partial charge in [-0.1, -0.05) is 67.9 Å². The Bertz CT molecular complexity index is 680. The van der Waals surface area contributed by atoms with Crippen molar-refractivity contribution in [1.82, 2.24) is 15.5 Å². The van der Waals surface area contributed by atoms with Gasteiger partial charge in [0.1, 0.15) is 5.01 Å². The molecular formula is C19H26N4OS. The van der Waals surface area contributed by atoms with Crippen LogP contribution in [-0.4, -0.2) is 29.2 Å². The fraction of sp³-hybridized carbons (Fsp3) is 0.526. The fourth-order valence-electron chi connectivity index (χ4n) is 3.61. The predicted octanol–water partition coefficient (Wildman–Crippen LogP) is 3.53. The van der Waals surface area contributed by atoms with Gasteiger partial charge >= 0.3 is 0 Å². The minimum Gasteiger partial charge on any atom is -0.308 e. The van der Waals surface area contributed by atoms with E-state index in [1.165, 1.54) is 49.0 Å². The van der Waals surface area contributed by atoms with Crippen molar-refractivity contribution in [3.05, 3.63) is 40.9 Å². The van der Waals surface area contributed by atoms with Crippen LogP contribution >= 0.6 is 11.3 Å². The Morgan fingerprint density at radius 2 is 1.92 bits per heavy atom. The molecule has 0 unspecified atom stereocenters. The quantitative estimate of drug-likeness (QED) is 0.794. The summed E-state index contributed by atoms with van der Waals surface area (Å²) >= 11 is 1.44. The molecule has 0 bridgehead atoms. The zero-order chi connectivity index (χ0) is 17.5. The van der Waals surface area contributed by atoms with Gasteiger partial charge in [0.25, 0.3) is 0 Å². The highest BCUT2D eigenvalue weighted by molar-refractivity contribution is 7.15. The Hall–Kier alpha value is -1.79. The summed E-state index contributed by atoms with van der Waals surface area (Å²) in [6.07, 6.45) is 7.03. The third-order valence-corrected chi connectivity index (χ3v) is 5.94. The molecule has 1 amide bonds. The molecule has 0 spiro atoms. The molecule has 2 aromatic rings. The van der Waals surface area contributed by atoms with Crippen LogP contribution in [0.4, 0.5) is 5.13 Å². The Kier molecular flexibility index (Phi) is 6.15. The van der Waals surface area contributed by atoms with Crippen LogP contribution in [0.3, 0.4) is 0 Å². The zero-order valence-corrected chi connectivity index (χ0v) is 15.6. The van der Waals surface area contributed by atoms with E-state index in [0.717, 1.165) is 18.0 Å². The molecule has 3 rings (SSSR count). The molecule has 1 aromatic heterocycles. The van der Waals surface area contributed by atoms with Crippen LogP contribution in [-0.2, 0) is 16.6 Å². The summed E-state index contributed by atoms with van der Waals surface area (Å²) in [6.45, 7) is 3.16. The zero-order valence-electron chi connectivity index (χ0n) is 14.8. The van der Waals surface area contributed by atoms with E-state index in [1.807, 2.05) is 6.92 Å². The smallest absolute Gasteiger partial charge is 0.240 e. The number of rotatable bonds is 7. The Morgan fingerprint density at radius 1 is 1.16 bits per heavy atom. The van der Waals surface area contributed by atoms with Crippen LogP contribution in [0.2, 0.25) is 0 Å². The Balaban J connectivity index is 1.55. The van der Waals surface area contributed by atoms with Crippen LogP contribution in [0, 0.1) is 0 Å². The number of aryl methyl sites for hydroxylation is 1. The van der Waals surface area contributed by atoms with Crippen molar-refractivity contribution in [2.45, 2.75) is 50.9 Å². The topological polar surface area (TPSA) is 66.9 Å². The molecule has 1 saturated carbocycles. The van der Waals surface area contributed by atoms with Crippen molar-refractivity contribution < 1.29 is 4.79 Å².